The fraction of sp³-hybridized carbons (Fsp3) is 1.00. The Bertz CT molecular complexity index is 89.3. The molecule has 1 aliphatic rings. The average molecular weight is 159 g/mol. The van der Waals surface area contributed by atoms with Crippen LogP contribution in [0.4, 0.5) is 0 Å². The molecule has 1 aliphatic heterocycles. The molecule has 0 saturated carbocycles. The molecule has 1 heterocycles. The van der Waals surface area contributed by atoms with E-state index in [1.807, 2.05) is 0 Å². The molecule has 2 atom stereocenters. The van der Waals surface area contributed by atoms with Crippen LogP contribution in [0.25, 0.3) is 0 Å². The van der Waals surface area contributed by atoms with Gasteiger partial charge in [0.2, 0.25) is 0 Å². The Labute approximate surface area is 68.0 Å². The Morgan fingerprint density at radius 2 is 2.50 bits per heavy atom. The number of hydrogen-bond donors (Lipinski definition) is 1. The Morgan fingerprint density at radius 1 is 1.70 bits per heavy atom. The summed E-state index contributed by atoms with van der Waals surface area (Å²) in [5.41, 5.74) is 0. The van der Waals surface area contributed by atoms with Crippen molar-refractivity contribution >= 4 is 11.8 Å². The van der Waals surface area contributed by atoms with E-state index in [-0.39, 0.29) is 0 Å². The van der Waals surface area contributed by atoms with Gasteiger partial charge in [-0.2, -0.15) is 11.8 Å². The van der Waals surface area contributed by atoms with E-state index in [1.54, 1.807) is 0 Å². The number of rotatable bonds is 2. The van der Waals surface area contributed by atoms with Crippen molar-refractivity contribution in [2.24, 2.45) is 5.92 Å². The minimum atomic E-state index is 0.781. The smallest absolute Gasteiger partial charge is 0.0184 e. The topological polar surface area (TPSA) is 12.0 Å². The van der Waals surface area contributed by atoms with Crippen molar-refractivity contribution in [2.75, 3.05) is 18.1 Å². The molecule has 0 bridgehead atoms. The van der Waals surface area contributed by atoms with E-state index in [0.29, 0.717) is 0 Å². The maximum atomic E-state index is 3.55. The summed E-state index contributed by atoms with van der Waals surface area (Å²) in [5.74, 6) is 3.47. The third kappa shape index (κ3) is 2.17. The molecule has 1 rings (SSSR count). The van der Waals surface area contributed by atoms with Gasteiger partial charge in [-0.05, 0) is 5.92 Å². The van der Waals surface area contributed by atoms with Crippen LogP contribution in [0, 0.1) is 5.92 Å². The second-order valence-electron chi connectivity index (χ2n) is 3.02. The van der Waals surface area contributed by atoms with Gasteiger partial charge >= 0.3 is 0 Å². The summed E-state index contributed by atoms with van der Waals surface area (Å²) >= 11 is 2.08. The SMILES string of the molecule is CCC(C)C1CSCCN1. The van der Waals surface area contributed by atoms with Gasteiger partial charge in [0.25, 0.3) is 0 Å². The quantitative estimate of drug-likeness (QED) is 0.658. The van der Waals surface area contributed by atoms with Gasteiger partial charge in [0.05, 0.1) is 0 Å². The lowest BCUT2D eigenvalue weighted by Gasteiger charge is -2.27. The van der Waals surface area contributed by atoms with Crippen LogP contribution in [0.2, 0.25) is 0 Å². The van der Waals surface area contributed by atoms with Gasteiger partial charge in [0, 0.05) is 24.1 Å². The number of nitrogens with one attached hydrogen (secondary N) is 1. The van der Waals surface area contributed by atoms with Gasteiger partial charge in [-0.3, -0.25) is 0 Å². The van der Waals surface area contributed by atoms with E-state index in [1.165, 1.54) is 24.5 Å². The second-order valence-corrected chi connectivity index (χ2v) is 4.17. The molecular formula is C8H17NS. The Balaban J connectivity index is 2.24. The highest BCUT2D eigenvalue weighted by molar-refractivity contribution is 7.99. The van der Waals surface area contributed by atoms with E-state index in [2.05, 4.69) is 30.9 Å². The zero-order chi connectivity index (χ0) is 7.40. The van der Waals surface area contributed by atoms with Gasteiger partial charge < -0.3 is 5.32 Å². The molecule has 1 fully saturated rings. The molecule has 1 nitrogen and oxygen atoms in total. The maximum Gasteiger partial charge on any atom is 0.0184 e. The Hall–Kier alpha value is 0.310. The van der Waals surface area contributed by atoms with Gasteiger partial charge in [0.15, 0.2) is 0 Å². The molecule has 0 aromatic heterocycles. The molecule has 0 spiro atoms. The fourth-order valence-electron chi connectivity index (χ4n) is 1.24. The monoisotopic (exact) mass is 159 g/mol. The van der Waals surface area contributed by atoms with Crippen molar-refractivity contribution in [1.82, 2.24) is 5.32 Å². The molecule has 10 heavy (non-hydrogen) atoms. The van der Waals surface area contributed by atoms with Crippen molar-refractivity contribution in [1.29, 1.82) is 0 Å². The first kappa shape index (κ1) is 8.41. The molecule has 1 saturated heterocycles. The molecule has 0 radical (unpaired) electrons. The highest BCUT2D eigenvalue weighted by Gasteiger charge is 2.17. The van der Waals surface area contributed by atoms with Gasteiger partial charge in [-0.1, -0.05) is 20.3 Å². The average Bonchev–Trinajstić information content (AvgIpc) is 2.05. The van der Waals surface area contributed by atoms with Crippen LogP contribution in [0.15, 0.2) is 0 Å². The van der Waals surface area contributed by atoms with Crippen LogP contribution >= 0.6 is 11.8 Å². The van der Waals surface area contributed by atoms with E-state index in [0.717, 1.165) is 12.0 Å². The summed E-state index contributed by atoms with van der Waals surface area (Å²) in [4.78, 5) is 0. The molecule has 0 aliphatic carbocycles. The van der Waals surface area contributed by atoms with E-state index in [9.17, 15) is 0 Å². The molecule has 2 heteroatoms. The lowest BCUT2D eigenvalue weighted by Crippen LogP contribution is -2.41. The zero-order valence-electron chi connectivity index (χ0n) is 6.89. The number of thioether (sulfide) groups is 1. The minimum absolute atomic E-state index is 0.781. The summed E-state index contributed by atoms with van der Waals surface area (Å²) in [6.45, 7) is 5.81. The Kier molecular flexibility index (Phi) is 3.57. The van der Waals surface area contributed by atoms with Crippen LogP contribution in [0.3, 0.4) is 0 Å². The normalized spacial score (nSPS) is 30.0. The maximum absolute atomic E-state index is 3.55. The first-order chi connectivity index (χ1) is 4.84. The van der Waals surface area contributed by atoms with Crippen molar-refractivity contribution in [3.8, 4) is 0 Å². The zero-order valence-corrected chi connectivity index (χ0v) is 7.71. The van der Waals surface area contributed by atoms with Gasteiger partial charge in [-0.15, -0.1) is 0 Å². The molecule has 0 amide bonds. The first-order valence-electron chi connectivity index (χ1n) is 4.15. The van der Waals surface area contributed by atoms with E-state index < -0.39 is 0 Å². The number of hydrogen-bond acceptors (Lipinski definition) is 2. The van der Waals surface area contributed by atoms with Crippen LogP contribution in [-0.4, -0.2) is 24.1 Å². The largest absolute Gasteiger partial charge is 0.312 e. The summed E-state index contributed by atoms with van der Waals surface area (Å²) in [7, 11) is 0. The van der Waals surface area contributed by atoms with Crippen LogP contribution in [0.5, 0.6) is 0 Å². The molecular weight excluding hydrogens is 142 g/mol. The van der Waals surface area contributed by atoms with Crippen LogP contribution in [0.1, 0.15) is 20.3 Å². The van der Waals surface area contributed by atoms with Gasteiger partial charge in [0.1, 0.15) is 0 Å². The van der Waals surface area contributed by atoms with Gasteiger partial charge in [-0.25, -0.2) is 0 Å². The van der Waals surface area contributed by atoms with Crippen molar-refractivity contribution in [3.05, 3.63) is 0 Å². The predicted molar refractivity (Wildman–Crippen MR) is 48.6 cm³/mol. The van der Waals surface area contributed by atoms with Crippen LogP contribution in [-0.2, 0) is 0 Å². The Morgan fingerprint density at radius 3 is 3.00 bits per heavy atom. The van der Waals surface area contributed by atoms with Crippen molar-refractivity contribution in [3.63, 3.8) is 0 Å². The highest BCUT2D eigenvalue weighted by Crippen LogP contribution is 2.16. The van der Waals surface area contributed by atoms with Crippen LogP contribution < -0.4 is 5.32 Å². The molecule has 0 aromatic carbocycles. The molecule has 0 aromatic rings. The third-order valence-electron chi connectivity index (χ3n) is 2.28. The molecule has 60 valence electrons. The first-order valence-corrected chi connectivity index (χ1v) is 5.31. The molecule has 2 unspecified atom stereocenters. The standard InChI is InChI=1S/C8H17NS/c1-3-7(2)8-6-10-5-4-9-8/h7-9H,3-6H2,1-2H3. The van der Waals surface area contributed by atoms with Crippen molar-refractivity contribution < 1.29 is 0 Å². The second kappa shape index (κ2) is 4.24. The summed E-state index contributed by atoms with van der Waals surface area (Å²) in [6, 6.07) is 0.781. The van der Waals surface area contributed by atoms with E-state index >= 15 is 0 Å². The fourth-order valence-corrected chi connectivity index (χ4v) is 2.36. The predicted octanol–water partition coefficient (Wildman–Crippen LogP) is 1.74. The summed E-state index contributed by atoms with van der Waals surface area (Å²) < 4.78 is 0. The lowest BCUT2D eigenvalue weighted by molar-refractivity contribution is 0.399. The highest BCUT2D eigenvalue weighted by atomic mass is 32.2. The molecule has 1 N–H and O–H groups in total. The minimum Gasteiger partial charge on any atom is -0.312 e. The summed E-state index contributed by atoms with van der Waals surface area (Å²) in [5, 5.41) is 3.55. The lowest BCUT2D eigenvalue weighted by atomic mass is 10.0. The van der Waals surface area contributed by atoms with Crippen molar-refractivity contribution in [2.45, 2.75) is 26.3 Å². The summed E-state index contributed by atoms with van der Waals surface area (Å²) in [6.07, 6.45) is 1.30. The third-order valence-corrected chi connectivity index (χ3v) is 3.37. The van der Waals surface area contributed by atoms with E-state index in [4.69, 9.17) is 0 Å².